The average Bonchev–Trinajstić information content (AvgIpc) is 3.34. The van der Waals surface area contributed by atoms with Crippen LogP contribution in [0.3, 0.4) is 0 Å². The molecular weight excluding hydrogens is 454 g/mol. The smallest absolute Gasteiger partial charge is 0.303 e. The van der Waals surface area contributed by atoms with Crippen LogP contribution in [0, 0.1) is 28.6 Å². The van der Waals surface area contributed by atoms with Gasteiger partial charge in [-0.15, -0.1) is 0 Å². The molecule has 35 heavy (non-hydrogen) atoms. The summed E-state index contributed by atoms with van der Waals surface area (Å²) in [5.74, 6) is -1.33. The molecule has 0 aromatic carbocycles. The van der Waals surface area contributed by atoms with Gasteiger partial charge in [0.2, 0.25) is 0 Å². The Hall–Kier alpha value is -0.810. The monoisotopic (exact) mass is 493 g/mol. The lowest BCUT2D eigenvalue weighted by atomic mass is 9.41. The van der Waals surface area contributed by atoms with E-state index in [4.69, 9.17) is 23.7 Å². The molecule has 7 aliphatic rings. The molecule has 9 nitrogen and oxygen atoms in total. The normalized spacial score (nSPS) is 61.6. The van der Waals surface area contributed by atoms with E-state index in [0.29, 0.717) is 12.8 Å². The van der Waals surface area contributed by atoms with Crippen molar-refractivity contribution in [2.75, 3.05) is 34.1 Å². The van der Waals surface area contributed by atoms with Gasteiger partial charge in [0, 0.05) is 51.9 Å². The number of carbonyl (C=O) groups excluding carboxylic acids is 1. The molecule has 2 saturated heterocycles. The number of ether oxygens (including phenoxy) is 5. The first-order valence-corrected chi connectivity index (χ1v) is 13.3. The molecule has 0 aromatic heterocycles. The van der Waals surface area contributed by atoms with Crippen molar-refractivity contribution in [3.05, 3.63) is 0 Å². The summed E-state index contributed by atoms with van der Waals surface area (Å²) < 4.78 is 31.9. The fourth-order valence-corrected chi connectivity index (χ4v) is 11.5. The molecule has 2 heterocycles. The highest BCUT2D eigenvalue weighted by Crippen LogP contribution is 2.83. The number of rotatable bonds is 4. The predicted octanol–water partition coefficient (Wildman–Crippen LogP) is 0.696. The highest BCUT2D eigenvalue weighted by molar-refractivity contribution is 5.67. The van der Waals surface area contributed by atoms with Crippen LogP contribution in [-0.4, -0.2) is 102 Å². The Morgan fingerprint density at radius 3 is 2.60 bits per heavy atom. The van der Waals surface area contributed by atoms with Gasteiger partial charge >= 0.3 is 5.97 Å². The van der Waals surface area contributed by atoms with E-state index in [2.05, 4.69) is 18.7 Å². The zero-order valence-corrected chi connectivity index (χ0v) is 21.4. The van der Waals surface area contributed by atoms with Crippen LogP contribution in [0.2, 0.25) is 0 Å². The van der Waals surface area contributed by atoms with Crippen molar-refractivity contribution in [3.8, 4) is 0 Å². The summed E-state index contributed by atoms with van der Waals surface area (Å²) in [6.07, 6.45) is 0.601. The van der Waals surface area contributed by atoms with E-state index in [9.17, 15) is 15.0 Å². The lowest BCUT2D eigenvalue weighted by Gasteiger charge is -2.71. The summed E-state index contributed by atoms with van der Waals surface area (Å²) in [6, 6.07) is -0.280. The van der Waals surface area contributed by atoms with Crippen molar-refractivity contribution >= 4 is 5.97 Å². The Kier molecular flexibility index (Phi) is 4.52. The first-order chi connectivity index (χ1) is 16.6. The zero-order chi connectivity index (χ0) is 24.8. The molecule has 5 saturated carbocycles. The quantitative estimate of drug-likeness (QED) is 0.547. The number of carbonyl (C=O) groups is 1. The number of likely N-dealkylation sites (N-methyl/N-ethyl adjacent to an activating group) is 1. The van der Waals surface area contributed by atoms with Crippen molar-refractivity contribution in [1.82, 2.24) is 4.90 Å². The predicted molar refractivity (Wildman–Crippen MR) is 121 cm³/mol. The van der Waals surface area contributed by atoms with Crippen LogP contribution in [-0.2, 0) is 28.5 Å². The SMILES string of the molecule is CCN1CC2(C)CCC(OC)C34C2C(OC(C)=O)C2(OCOC25CC(OC)C2CC3(O)C5C2O)C14. The van der Waals surface area contributed by atoms with E-state index in [-0.39, 0.29) is 48.3 Å². The maximum absolute atomic E-state index is 13.2. The Morgan fingerprint density at radius 1 is 1.17 bits per heavy atom. The van der Waals surface area contributed by atoms with E-state index in [1.165, 1.54) is 6.92 Å². The van der Waals surface area contributed by atoms with Gasteiger partial charge in [-0.3, -0.25) is 9.69 Å². The molecule has 3 spiro atoms. The third-order valence-corrected chi connectivity index (χ3v) is 11.9. The first-order valence-electron chi connectivity index (χ1n) is 13.3. The fourth-order valence-electron chi connectivity index (χ4n) is 11.5. The summed E-state index contributed by atoms with van der Waals surface area (Å²) in [6.45, 7) is 7.50. The lowest BCUT2D eigenvalue weighted by molar-refractivity contribution is -0.331. The van der Waals surface area contributed by atoms with Crippen LogP contribution in [0.15, 0.2) is 0 Å². The summed E-state index contributed by atoms with van der Waals surface area (Å²) >= 11 is 0. The number of aliphatic hydroxyl groups is 2. The van der Waals surface area contributed by atoms with Gasteiger partial charge in [-0.05, 0) is 31.2 Å². The van der Waals surface area contributed by atoms with Crippen LogP contribution in [0.5, 0.6) is 0 Å². The van der Waals surface area contributed by atoms with Gasteiger partial charge in [0.05, 0.1) is 35.4 Å². The molecular formula is C26H39NO8. The van der Waals surface area contributed by atoms with Crippen molar-refractivity contribution < 1.29 is 38.7 Å². The van der Waals surface area contributed by atoms with Crippen LogP contribution >= 0.6 is 0 Å². The number of nitrogens with zero attached hydrogens (tertiary/aromatic N) is 1. The minimum atomic E-state index is -1.29. The van der Waals surface area contributed by atoms with Gasteiger partial charge in [-0.2, -0.15) is 0 Å². The summed E-state index contributed by atoms with van der Waals surface area (Å²) in [5.41, 5.74) is -4.39. The number of esters is 1. The molecule has 5 aliphatic carbocycles. The van der Waals surface area contributed by atoms with Gasteiger partial charge in [-0.25, -0.2) is 0 Å². The molecule has 13 unspecified atom stereocenters. The largest absolute Gasteiger partial charge is 0.459 e. The highest BCUT2D eigenvalue weighted by Gasteiger charge is 2.97. The van der Waals surface area contributed by atoms with E-state index in [1.54, 1.807) is 14.2 Å². The van der Waals surface area contributed by atoms with Gasteiger partial charge in [0.1, 0.15) is 18.5 Å². The number of piperidine rings is 1. The van der Waals surface area contributed by atoms with Crippen molar-refractivity contribution in [3.63, 3.8) is 0 Å². The second-order valence-corrected chi connectivity index (χ2v) is 12.7. The Labute approximate surface area is 206 Å². The second kappa shape index (κ2) is 6.79. The zero-order valence-electron chi connectivity index (χ0n) is 21.4. The van der Waals surface area contributed by atoms with Crippen LogP contribution in [0.25, 0.3) is 0 Å². The summed E-state index contributed by atoms with van der Waals surface area (Å²) in [5, 5.41) is 25.0. The summed E-state index contributed by atoms with van der Waals surface area (Å²) in [4.78, 5) is 15.1. The second-order valence-electron chi connectivity index (χ2n) is 12.7. The van der Waals surface area contributed by atoms with E-state index >= 15 is 0 Å². The van der Waals surface area contributed by atoms with Crippen LogP contribution < -0.4 is 0 Å². The van der Waals surface area contributed by atoms with Crippen molar-refractivity contribution in [1.29, 1.82) is 0 Å². The van der Waals surface area contributed by atoms with Crippen LogP contribution in [0.1, 0.15) is 46.5 Å². The highest BCUT2D eigenvalue weighted by atomic mass is 16.7. The third-order valence-electron chi connectivity index (χ3n) is 11.9. The number of hydrogen-bond donors (Lipinski definition) is 2. The molecule has 196 valence electrons. The van der Waals surface area contributed by atoms with Crippen molar-refractivity contribution in [2.45, 2.75) is 93.7 Å². The number of hydrogen-bond acceptors (Lipinski definition) is 9. The molecule has 0 radical (unpaired) electrons. The molecule has 0 amide bonds. The Bertz CT molecular complexity index is 964. The number of methoxy groups -OCH3 is 2. The molecule has 0 aromatic rings. The molecule has 7 bridgehead atoms. The number of likely N-dealkylation sites (tertiary alicyclic amines) is 1. The minimum absolute atomic E-state index is 0.0311. The fraction of sp³-hybridized carbons (Fsp3) is 0.962. The molecule has 9 heteroatoms. The molecule has 7 rings (SSSR count). The van der Waals surface area contributed by atoms with E-state index < -0.39 is 40.3 Å². The topological polar surface area (TPSA) is 107 Å². The maximum Gasteiger partial charge on any atom is 0.303 e. The van der Waals surface area contributed by atoms with Crippen LogP contribution in [0.4, 0.5) is 0 Å². The lowest BCUT2D eigenvalue weighted by Crippen LogP contribution is -2.85. The molecule has 2 aliphatic heterocycles. The van der Waals surface area contributed by atoms with Gasteiger partial charge in [0.25, 0.3) is 0 Å². The summed E-state index contributed by atoms with van der Waals surface area (Å²) in [7, 11) is 3.39. The van der Waals surface area contributed by atoms with Gasteiger partial charge < -0.3 is 33.9 Å². The standard InChI is InChI=1S/C26H39NO8/c1-6-27-11-22(3)8-7-16(32-5)25-19(22)20(35-13(2)28)26(21(25)27)24(33-12-34-26)10-15(31-4)14-9-23(25,30)18(24)17(14)29/h14-21,29-30H,6-12H2,1-5H3. The van der Waals surface area contributed by atoms with E-state index in [0.717, 1.165) is 25.9 Å². The third kappa shape index (κ3) is 2.09. The number of fused-ring (bicyclic) bond motifs is 1. The Morgan fingerprint density at radius 2 is 1.94 bits per heavy atom. The first kappa shape index (κ1) is 23.3. The molecule has 7 fully saturated rings. The van der Waals surface area contributed by atoms with Gasteiger partial charge in [0.15, 0.2) is 5.60 Å². The minimum Gasteiger partial charge on any atom is -0.459 e. The Balaban J connectivity index is 1.61. The maximum atomic E-state index is 13.2. The molecule has 13 atom stereocenters. The molecule has 2 N–H and O–H groups in total. The van der Waals surface area contributed by atoms with E-state index in [1.807, 2.05) is 0 Å². The van der Waals surface area contributed by atoms with Gasteiger partial charge in [-0.1, -0.05) is 13.8 Å². The average molecular weight is 494 g/mol. The van der Waals surface area contributed by atoms with Crippen molar-refractivity contribution in [2.24, 2.45) is 28.6 Å². The number of aliphatic hydroxyl groups excluding tert-OH is 1.